The van der Waals surface area contributed by atoms with Crippen molar-refractivity contribution in [1.29, 1.82) is 0 Å². The second-order valence-electron chi connectivity index (χ2n) is 9.83. The predicted octanol–water partition coefficient (Wildman–Crippen LogP) is 4.20. The standard InChI is InChI=1S/C29H38O8/c1-30-27-26(34-19-22-14-8-5-9-15-22)25-24(23(35-27)20-33-18-21-12-6-4-7-13-21)36-28(31-2)16-10-11-17-29(28,32-3)37-25/h4-9,12-15,23-27H,10-11,16-20H2,1-3H3/t23-,24-,25+,26+,27+,28+,29+/m1/s1. The maximum atomic E-state index is 6.84. The molecule has 0 spiro atoms. The van der Waals surface area contributed by atoms with Crippen LogP contribution < -0.4 is 0 Å². The molecule has 37 heavy (non-hydrogen) atoms. The summed E-state index contributed by atoms with van der Waals surface area (Å²) in [4.78, 5) is 0. The number of fused-ring (bicyclic) bond motifs is 2. The van der Waals surface area contributed by atoms with Gasteiger partial charge in [0.1, 0.15) is 24.4 Å². The van der Waals surface area contributed by atoms with Gasteiger partial charge in [-0.3, -0.25) is 0 Å². The van der Waals surface area contributed by atoms with Gasteiger partial charge < -0.3 is 37.9 Å². The quantitative estimate of drug-likeness (QED) is 0.467. The van der Waals surface area contributed by atoms with Crippen molar-refractivity contribution in [2.45, 2.75) is 81.2 Å². The molecule has 8 heteroatoms. The fraction of sp³-hybridized carbons (Fsp3) is 0.586. The predicted molar refractivity (Wildman–Crippen MR) is 134 cm³/mol. The Morgan fingerprint density at radius 3 is 1.89 bits per heavy atom. The third-order valence-electron chi connectivity index (χ3n) is 7.66. The van der Waals surface area contributed by atoms with Gasteiger partial charge in [-0.1, -0.05) is 60.7 Å². The molecule has 0 aromatic heterocycles. The van der Waals surface area contributed by atoms with Gasteiger partial charge in [-0.05, 0) is 24.0 Å². The molecule has 0 unspecified atom stereocenters. The zero-order chi connectivity index (χ0) is 25.7. The van der Waals surface area contributed by atoms with Gasteiger partial charge in [0.05, 0.1) is 19.8 Å². The number of hydrogen-bond acceptors (Lipinski definition) is 8. The first-order valence-electron chi connectivity index (χ1n) is 13.0. The van der Waals surface area contributed by atoms with Crippen molar-refractivity contribution in [1.82, 2.24) is 0 Å². The van der Waals surface area contributed by atoms with Gasteiger partial charge >= 0.3 is 0 Å². The van der Waals surface area contributed by atoms with Crippen molar-refractivity contribution in [3.63, 3.8) is 0 Å². The molecule has 3 aliphatic rings. The lowest BCUT2D eigenvalue weighted by Gasteiger charge is -2.60. The monoisotopic (exact) mass is 514 g/mol. The maximum absolute atomic E-state index is 6.84. The topological polar surface area (TPSA) is 73.8 Å². The van der Waals surface area contributed by atoms with Gasteiger partial charge in [-0.25, -0.2) is 0 Å². The van der Waals surface area contributed by atoms with Crippen LogP contribution in [0.5, 0.6) is 0 Å². The lowest BCUT2D eigenvalue weighted by atomic mass is 9.83. The second-order valence-corrected chi connectivity index (χ2v) is 9.83. The minimum absolute atomic E-state index is 0.296. The Morgan fingerprint density at radius 1 is 0.757 bits per heavy atom. The summed E-state index contributed by atoms with van der Waals surface area (Å²) in [6.07, 6.45) is 0.488. The Morgan fingerprint density at radius 2 is 1.32 bits per heavy atom. The van der Waals surface area contributed by atoms with E-state index in [1.165, 1.54) is 0 Å². The molecule has 2 aromatic rings. The summed E-state index contributed by atoms with van der Waals surface area (Å²) in [7, 11) is 4.91. The molecular formula is C29H38O8. The molecule has 3 fully saturated rings. The summed E-state index contributed by atoms with van der Waals surface area (Å²) < 4.78 is 50.4. The minimum Gasteiger partial charge on any atom is -0.374 e. The van der Waals surface area contributed by atoms with Crippen molar-refractivity contribution >= 4 is 0 Å². The highest BCUT2D eigenvalue weighted by Gasteiger charge is 2.67. The highest BCUT2D eigenvalue weighted by atomic mass is 16.8. The molecule has 2 aromatic carbocycles. The van der Waals surface area contributed by atoms with Crippen molar-refractivity contribution < 1.29 is 37.9 Å². The van der Waals surface area contributed by atoms with E-state index in [4.69, 9.17) is 37.9 Å². The molecule has 0 bridgehead atoms. The van der Waals surface area contributed by atoms with Gasteiger partial charge in [0.15, 0.2) is 6.29 Å². The van der Waals surface area contributed by atoms with Crippen LogP contribution in [0.15, 0.2) is 60.7 Å². The Bertz CT molecular complexity index is 974. The number of rotatable bonds is 10. The largest absolute Gasteiger partial charge is 0.374 e. The number of ether oxygens (including phenoxy) is 8. The molecule has 2 aliphatic heterocycles. The van der Waals surface area contributed by atoms with Crippen LogP contribution in [0.25, 0.3) is 0 Å². The summed E-state index contributed by atoms with van der Waals surface area (Å²) in [6.45, 7) is 1.14. The molecule has 1 saturated carbocycles. The van der Waals surface area contributed by atoms with E-state index in [0.29, 0.717) is 32.7 Å². The van der Waals surface area contributed by atoms with E-state index in [2.05, 4.69) is 0 Å². The van der Waals surface area contributed by atoms with Crippen LogP contribution in [0, 0.1) is 0 Å². The van der Waals surface area contributed by atoms with Crippen molar-refractivity contribution in [3.8, 4) is 0 Å². The number of benzene rings is 2. The number of hydrogen-bond donors (Lipinski definition) is 0. The first kappa shape index (κ1) is 26.7. The highest BCUT2D eigenvalue weighted by Crippen LogP contribution is 2.51. The van der Waals surface area contributed by atoms with Crippen molar-refractivity contribution in [2.24, 2.45) is 0 Å². The molecular weight excluding hydrogens is 476 g/mol. The van der Waals surface area contributed by atoms with E-state index in [-0.39, 0.29) is 0 Å². The summed E-state index contributed by atoms with van der Waals surface area (Å²) in [5.74, 6) is -2.10. The first-order valence-corrected chi connectivity index (χ1v) is 13.0. The van der Waals surface area contributed by atoms with Crippen LogP contribution in [-0.2, 0) is 51.1 Å². The van der Waals surface area contributed by atoms with Crippen LogP contribution in [0.3, 0.4) is 0 Å². The molecule has 7 atom stereocenters. The lowest BCUT2D eigenvalue weighted by Crippen LogP contribution is -2.75. The molecule has 8 nitrogen and oxygen atoms in total. The third kappa shape index (κ3) is 5.35. The highest BCUT2D eigenvalue weighted by molar-refractivity contribution is 5.14. The average Bonchev–Trinajstić information content (AvgIpc) is 2.96. The third-order valence-corrected chi connectivity index (χ3v) is 7.66. The van der Waals surface area contributed by atoms with Crippen LogP contribution in [0.2, 0.25) is 0 Å². The molecule has 2 heterocycles. The molecule has 0 radical (unpaired) electrons. The van der Waals surface area contributed by atoms with E-state index in [1.54, 1.807) is 21.3 Å². The smallest absolute Gasteiger partial charge is 0.223 e. The van der Waals surface area contributed by atoms with Crippen LogP contribution >= 0.6 is 0 Å². The van der Waals surface area contributed by atoms with Gasteiger partial charge in [0.25, 0.3) is 0 Å². The summed E-state index contributed by atoms with van der Waals surface area (Å²) in [6, 6.07) is 20.0. The van der Waals surface area contributed by atoms with Crippen LogP contribution in [0.4, 0.5) is 0 Å². The summed E-state index contributed by atoms with van der Waals surface area (Å²) in [5.41, 5.74) is 2.13. The average molecular weight is 515 g/mol. The first-order chi connectivity index (χ1) is 18.1. The maximum Gasteiger partial charge on any atom is 0.223 e. The summed E-state index contributed by atoms with van der Waals surface area (Å²) >= 11 is 0. The van der Waals surface area contributed by atoms with Crippen LogP contribution in [-0.4, -0.2) is 70.2 Å². The SMILES string of the molecule is CO[C@H]1O[C@H](COCc2ccccc2)[C@H]2O[C@@]3(OC)CCCC[C@]3(OC)O[C@@H]2[C@@H]1OCc1ccccc1. The fourth-order valence-corrected chi connectivity index (χ4v) is 5.73. The molecule has 202 valence electrons. The Balaban J connectivity index is 1.40. The van der Waals surface area contributed by atoms with E-state index < -0.39 is 42.3 Å². The Labute approximate surface area is 219 Å². The van der Waals surface area contributed by atoms with Crippen molar-refractivity contribution in [2.75, 3.05) is 27.9 Å². The molecule has 5 rings (SSSR count). The Kier molecular flexibility index (Phi) is 8.58. The van der Waals surface area contributed by atoms with Gasteiger partial charge in [0.2, 0.25) is 11.6 Å². The molecule has 1 aliphatic carbocycles. The fourth-order valence-electron chi connectivity index (χ4n) is 5.73. The van der Waals surface area contributed by atoms with Crippen LogP contribution in [0.1, 0.15) is 36.8 Å². The van der Waals surface area contributed by atoms with E-state index in [1.807, 2.05) is 60.7 Å². The zero-order valence-corrected chi connectivity index (χ0v) is 21.9. The normalized spacial score (nSPS) is 35.5. The second kappa shape index (κ2) is 11.9. The van der Waals surface area contributed by atoms with Gasteiger partial charge in [-0.15, -0.1) is 0 Å². The van der Waals surface area contributed by atoms with E-state index in [0.717, 1.165) is 24.0 Å². The summed E-state index contributed by atoms with van der Waals surface area (Å²) in [5, 5.41) is 0. The van der Waals surface area contributed by atoms with Crippen molar-refractivity contribution in [3.05, 3.63) is 71.8 Å². The molecule has 0 N–H and O–H groups in total. The molecule has 2 saturated heterocycles. The van der Waals surface area contributed by atoms with E-state index in [9.17, 15) is 0 Å². The van der Waals surface area contributed by atoms with Gasteiger partial charge in [-0.2, -0.15) is 0 Å². The molecule has 0 amide bonds. The van der Waals surface area contributed by atoms with Gasteiger partial charge in [0, 0.05) is 34.2 Å². The minimum atomic E-state index is -1.05. The lowest BCUT2D eigenvalue weighted by molar-refractivity contribution is -0.498. The number of methoxy groups -OCH3 is 3. The zero-order valence-electron chi connectivity index (χ0n) is 21.9. The van der Waals surface area contributed by atoms with E-state index >= 15 is 0 Å². The Hall–Kier alpha value is -1.88.